The number of nitrogens with one attached hydrogen (secondary N) is 1. The van der Waals surface area contributed by atoms with Gasteiger partial charge in [-0.15, -0.1) is 17.8 Å². The van der Waals surface area contributed by atoms with E-state index in [2.05, 4.69) is 35.7 Å². The number of hydrogen-bond acceptors (Lipinski definition) is 2. The van der Waals surface area contributed by atoms with Crippen molar-refractivity contribution in [3.8, 4) is 12.3 Å². The van der Waals surface area contributed by atoms with Gasteiger partial charge in [-0.25, -0.2) is 0 Å². The molecule has 0 saturated heterocycles. The maximum absolute atomic E-state index is 5.28. The number of rotatable bonds is 4. The van der Waals surface area contributed by atoms with Crippen LogP contribution in [0.25, 0.3) is 0 Å². The molecule has 1 nitrogen and oxygen atoms in total. The van der Waals surface area contributed by atoms with Crippen LogP contribution in [0.15, 0.2) is 17.5 Å². The predicted octanol–water partition coefficient (Wildman–Crippen LogP) is 2.29. The van der Waals surface area contributed by atoms with Crippen molar-refractivity contribution >= 4 is 11.3 Å². The second-order valence-corrected chi connectivity index (χ2v) is 4.27. The molecule has 1 heterocycles. The van der Waals surface area contributed by atoms with Crippen molar-refractivity contribution in [3.05, 3.63) is 22.4 Å². The van der Waals surface area contributed by atoms with Gasteiger partial charge in [0.1, 0.15) is 0 Å². The second-order valence-electron chi connectivity index (χ2n) is 3.24. The summed E-state index contributed by atoms with van der Waals surface area (Å²) >= 11 is 1.79. The summed E-state index contributed by atoms with van der Waals surface area (Å²) in [5.41, 5.74) is 0. The van der Waals surface area contributed by atoms with E-state index < -0.39 is 0 Å². The Bertz CT molecular complexity index is 271. The third-order valence-electron chi connectivity index (χ3n) is 1.87. The third-order valence-corrected chi connectivity index (χ3v) is 2.77. The highest BCUT2D eigenvalue weighted by Gasteiger charge is 2.05. The van der Waals surface area contributed by atoms with Crippen LogP contribution in [0.2, 0.25) is 0 Å². The Hall–Kier alpha value is -0.780. The summed E-state index contributed by atoms with van der Waals surface area (Å²) in [6, 6.07) is 4.85. The first-order valence-corrected chi connectivity index (χ1v) is 5.35. The van der Waals surface area contributed by atoms with Crippen molar-refractivity contribution in [2.45, 2.75) is 32.4 Å². The van der Waals surface area contributed by atoms with Gasteiger partial charge in [-0.2, -0.15) is 0 Å². The molecule has 0 radical (unpaired) electrons. The van der Waals surface area contributed by atoms with Gasteiger partial charge in [-0.1, -0.05) is 12.0 Å². The van der Waals surface area contributed by atoms with Gasteiger partial charge in [-0.3, -0.25) is 0 Å². The summed E-state index contributed by atoms with van der Waals surface area (Å²) < 4.78 is 0. The van der Waals surface area contributed by atoms with Crippen LogP contribution in [0.3, 0.4) is 0 Å². The molecule has 1 aromatic rings. The van der Waals surface area contributed by atoms with Gasteiger partial charge in [0, 0.05) is 10.9 Å². The van der Waals surface area contributed by atoms with Crippen LogP contribution in [0.5, 0.6) is 0 Å². The molecular formula is C11H15NS. The van der Waals surface area contributed by atoms with Gasteiger partial charge >= 0.3 is 0 Å². The van der Waals surface area contributed by atoms with Crippen LogP contribution in [0.4, 0.5) is 0 Å². The van der Waals surface area contributed by atoms with Crippen molar-refractivity contribution in [2.24, 2.45) is 0 Å². The van der Waals surface area contributed by atoms with Crippen LogP contribution in [-0.2, 0) is 6.42 Å². The fraction of sp³-hybridized carbons (Fsp3) is 0.455. The van der Waals surface area contributed by atoms with Crippen molar-refractivity contribution in [2.75, 3.05) is 0 Å². The van der Waals surface area contributed by atoms with Crippen LogP contribution in [-0.4, -0.2) is 12.1 Å². The van der Waals surface area contributed by atoms with E-state index in [0.717, 1.165) is 6.42 Å². The Morgan fingerprint density at radius 3 is 2.92 bits per heavy atom. The Morgan fingerprint density at radius 1 is 1.62 bits per heavy atom. The average molecular weight is 193 g/mol. The highest BCUT2D eigenvalue weighted by Crippen LogP contribution is 2.10. The molecular weight excluding hydrogens is 178 g/mol. The molecule has 0 amide bonds. The lowest BCUT2D eigenvalue weighted by molar-refractivity contribution is 0.524. The third kappa shape index (κ3) is 3.63. The van der Waals surface area contributed by atoms with Crippen LogP contribution in [0, 0.1) is 12.3 Å². The minimum atomic E-state index is 0.162. The summed E-state index contributed by atoms with van der Waals surface area (Å²) in [5.74, 6) is 2.67. The summed E-state index contributed by atoms with van der Waals surface area (Å²) in [5, 5.41) is 5.44. The highest BCUT2D eigenvalue weighted by atomic mass is 32.1. The first-order valence-electron chi connectivity index (χ1n) is 4.47. The number of hydrogen-bond donors (Lipinski definition) is 1. The minimum Gasteiger partial charge on any atom is -0.301 e. The molecule has 0 aromatic carbocycles. The minimum absolute atomic E-state index is 0.162. The molecule has 1 N–H and O–H groups in total. The fourth-order valence-electron chi connectivity index (χ4n) is 1.26. The topological polar surface area (TPSA) is 12.0 Å². The first kappa shape index (κ1) is 10.3. The zero-order valence-electron chi connectivity index (χ0n) is 8.08. The summed E-state index contributed by atoms with van der Waals surface area (Å²) in [6.07, 6.45) is 6.34. The van der Waals surface area contributed by atoms with Crippen LogP contribution < -0.4 is 5.32 Å². The van der Waals surface area contributed by atoms with E-state index in [4.69, 9.17) is 6.42 Å². The molecule has 1 rings (SSSR count). The highest BCUT2D eigenvalue weighted by molar-refractivity contribution is 7.09. The SMILES string of the molecule is C#CC(C)NC(C)Cc1cccs1. The summed E-state index contributed by atoms with van der Waals surface area (Å²) in [4.78, 5) is 1.41. The van der Waals surface area contributed by atoms with E-state index in [1.807, 2.05) is 6.92 Å². The Kier molecular flexibility index (Phi) is 4.01. The smallest absolute Gasteiger partial charge is 0.0660 e. The van der Waals surface area contributed by atoms with Crippen molar-refractivity contribution in [1.82, 2.24) is 5.32 Å². The van der Waals surface area contributed by atoms with Gasteiger partial charge < -0.3 is 5.32 Å². The predicted molar refractivity (Wildman–Crippen MR) is 58.9 cm³/mol. The molecule has 2 unspecified atom stereocenters. The van der Waals surface area contributed by atoms with Crippen molar-refractivity contribution in [3.63, 3.8) is 0 Å². The molecule has 0 aliphatic rings. The van der Waals surface area contributed by atoms with Gasteiger partial charge in [0.05, 0.1) is 6.04 Å². The van der Waals surface area contributed by atoms with Crippen LogP contribution in [0.1, 0.15) is 18.7 Å². The van der Waals surface area contributed by atoms with E-state index in [-0.39, 0.29) is 6.04 Å². The number of thiophene rings is 1. The Balaban J connectivity index is 2.34. The maximum Gasteiger partial charge on any atom is 0.0660 e. The molecule has 0 saturated carbocycles. The normalized spacial score (nSPS) is 14.8. The van der Waals surface area contributed by atoms with Gasteiger partial charge in [0.25, 0.3) is 0 Å². The molecule has 2 heteroatoms. The van der Waals surface area contributed by atoms with Crippen LogP contribution >= 0.6 is 11.3 Å². The maximum atomic E-state index is 5.28. The Labute approximate surface area is 84.2 Å². The number of terminal acetylenes is 1. The standard InChI is InChI=1S/C11H15NS/c1-4-9(2)12-10(3)8-11-6-5-7-13-11/h1,5-7,9-10,12H,8H2,2-3H3. The molecule has 2 atom stereocenters. The van der Waals surface area contributed by atoms with Gasteiger partial charge in [-0.05, 0) is 31.7 Å². The van der Waals surface area contributed by atoms with Crippen molar-refractivity contribution in [1.29, 1.82) is 0 Å². The molecule has 0 fully saturated rings. The van der Waals surface area contributed by atoms with Gasteiger partial charge in [0.15, 0.2) is 0 Å². The van der Waals surface area contributed by atoms with E-state index in [1.165, 1.54) is 4.88 Å². The van der Waals surface area contributed by atoms with E-state index in [1.54, 1.807) is 11.3 Å². The lowest BCUT2D eigenvalue weighted by atomic mass is 10.2. The van der Waals surface area contributed by atoms with Gasteiger partial charge in [0.2, 0.25) is 0 Å². The summed E-state index contributed by atoms with van der Waals surface area (Å²) in [6.45, 7) is 4.17. The second kappa shape index (κ2) is 5.06. The molecule has 0 aliphatic carbocycles. The van der Waals surface area contributed by atoms with E-state index in [9.17, 15) is 0 Å². The molecule has 0 bridgehead atoms. The van der Waals surface area contributed by atoms with E-state index in [0.29, 0.717) is 6.04 Å². The van der Waals surface area contributed by atoms with E-state index >= 15 is 0 Å². The molecule has 13 heavy (non-hydrogen) atoms. The summed E-state index contributed by atoms with van der Waals surface area (Å²) in [7, 11) is 0. The molecule has 0 spiro atoms. The Morgan fingerprint density at radius 2 is 2.38 bits per heavy atom. The largest absolute Gasteiger partial charge is 0.301 e. The van der Waals surface area contributed by atoms with Crippen molar-refractivity contribution < 1.29 is 0 Å². The average Bonchev–Trinajstić information content (AvgIpc) is 2.56. The lowest BCUT2D eigenvalue weighted by Crippen LogP contribution is -2.34. The quantitative estimate of drug-likeness (QED) is 0.723. The monoisotopic (exact) mass is 193 g/mol. The molecule has 70 valence electrons. The fourth-order valence-corrected chi connectivity index (χ4v) is 2.10. The zero-order chi connectivity index (χ0) is 9.68. The molecule has 1 aromatic heterocycles. The lowest BCUT2D eigenvalue weighted by Gasteiger charge is -2.14. The first-order chi connectivity index (χ1) is 6.22. The molecule has 0 aliphatic heterocycles. The zero-order valence-corrected chi connectivity index (χ0v) is 8.90.